The van der Waals surface area contributed by atoms with Crippen LogP contribution in [0.15, 0.2) is 47.6 Å². The van der Waals surface area contributed by atoms with Gasteiger partial charge in [-0.05, 0) is 25.5 Å². The Hall–Kier alpha value is -2.38. The van der Waals surface area contributed by atoms with Crippen LogP contribution in [0.1, 0.15) is 47.6 Å². The zero-order valence-corrected chi connectivity index (χ0v) is 18.4. The molecule has 1 fully saturated rings. The Labute approximate surface area is 178 Å². The minimum Gasteiger partial charge on any atom is -0.466 e. The third-order valence-corrected chi connectivity index (χ3v) is 7.81. The first-order chi connectivity index (χ1) is 14.2. The Kier molecular flexibility index (Phi) is 4.45. The third-order valence-electron chi connectivity index (χ3n) is 6.51. The van der Waals surface area contributed by atoms with Gasteiger partial charge in [0.15, 0.2) is 0 Å². The Bertz CT molecular complexity index is 1120. The Morgan fingerprint density at radius 3 is 2.37 bits per heavy atom. The fraction of sp³-hybridized carbons (Fsp3) is 0.435. The number of benzene rings is 2. The van der Waals surface area contributed by atoms with Crippen molar-refractivity contribution in [3.8, 4) is 5.75 Å². The molecule has 0 aromatic heterocycles. The van der Waals surface area contributed by atoms with Crippen molar-refractivity contribution in [2.24, 2.45) is 5.10 Å². The number of hydrazone groups is 1. The van der Waals surface area contributed by atoms with Crippen molar-refractivity contribution in [2.45, 2.75) is 44.9 Å². The molecule has 3 aliphatic heterocycles. The largest absolute Gasteiger partial charge is 0.466 e. The van der Waals surface area contributed by atoms with E-state index in [2.05, 4.69) is 61.3 Å². The number of hydrogen-bond donors (Lipinski definition) is 0. The first-order valence-corrected chi connectivity index (χ1v) is 12.3. The van der Waals surface area contributed by atoms with Crippen LogP contribution in [-0.2, 0) is 10.0 Å². The van der Waals surface area contributed by atoms with Crippen LogP contribution in [-0.4, -0.2) is 48.5 Å². The van der Waals surface area contributed by atoms with Crippen LogP contribution in [0, 0.1) is 13.8 Å². The van der Waals surface area contributed by atoms with E-state index in [-0.39, 0.29) is 6.04 Å². The van der Waals surface area contributed by atoms with E-state index in [0.717, 1.165) is 29.0 Å². The van der Waals surface area contributed by atoms with E-state index in [1.54, 1.807) is 4.31 Å². The van der Waals surface area contributed by atoms with Crippen LogP contribution in [0.2, 0.25) is 0 Å². The van der Waals surface area contributed by atoms with Crippen molar-refractivity contribution in [3.05, 3.63) is 64.7 Å². The normalized spacial score (nSPS) is 23.0. The van der Waals surface area contributed by atoms with E-state index in [4.69, 9.17) is 9.84 Å². The fourth-order valence-corrected chi connectivity index (χ4v) is 5.67. The lowest BCUT2D eigenvalue weighted by atomic mass is 9.90. The van der Waals surface area contributed by atoms with Gasteiger partial charge in [-0.1, -0.05) is 47.5 Å². The summed E-state index contributed by atoms with van der Waals surface area (Å²) >= 11 is 0. The maximum Gasteiger partial charge on any atom is 0.211 e. The van der Waals surface area contributed by atoms with Crippen LogP contribution >= 0.6 is 0 Å². The molecular weight excluding hydrogens is 398 g/mol. The maximum atomic E-state index is 12.0. The second-order valence-electron chi connectivity index (χ2n) is 8.73. The van der Waals surface area contributed by atoms with Crippen molar-refractivity contribution in [1.82, 2.24) is 9.31 Å². The fourth-order valence-electron chi connectivity index (χ4n) is 4.82. The molecule has 1 unspecified atom stereocenters. The topological polar surface area (TPSA) is 62.2 Å². The summed E-state index contributed by atoms with van der Waals surface area (Å²) in [6.07, 6.45) is 3.28. The molecule has 0 saturated carbocycles. The molecule has 1 spiro atoms. The molecule has 0 radical (unpaired) electrons. The second kappa shape index (κ2) is 6.82. The highest BCUT2D eigenvalue weighted by Crippen LogP contribution is 2.50. The quantitative estimate of drug-likeness (QED) is 0.738. The average Bonchev–Trinajstić information content (AvgIpc) is 3.16. The van der Waals surface area contributed by atoms with Crippen LogP contribution < -0.4 is 4.74 Å². The summed E-state index contributed by atoms with van der Waals surface area (Å²) in [7, 11) is -3.20. The minimum atomic E-state index is -3.20. The number of piperidine rings is 1. The molecule has 1 saturated heterocycles. The van der Waals surface area contributed by atoms with Crippen molar-refractivity contribution >= 4 is 15.7 Å². The molecular formula is C23H27N3O3S. The molecule has 3 heterocycles. The number of rotatable bonds is 2. The highest BCUT2D eigenvalue weighted by Gasteiger charge is 2.52. The minimum absolute atomic E-state index is 0.106. The highest BCUT2D eigenvalue weighted by molar-refractivity contribution is 7.88. The zero-order chi connectivity index (χ0) is 21.1. The van der Waals surface area contributed by atoms with E-state index in [1.807, 2.05) is 0 Å². The lowest BCUT2D eigenvalue weighted by Crippen LogP contribution is -2.59. The van der Waals surface area contributed by atoms with Gasteiger partial charge in [0.2, 0.25) is 15.7 Å². The van der Waals surface area contributed by atoms with Crippen molar-refractivity contribution in [2.75, 3.05) is 19.3 Å². The molecule has 6 nitrogen and oxygen atoms in total. The molecule has 7 heteroatoms. The van der Waals surface area contributed by atoms with E-state index in [0.29, 0.717) is 25.9 Å². The van der Waals surface area contributed by atoms with Gasteiger partial charge in [-0.3, -0.25) is 0 Å². The smallest absolute Gasteiger partial charge is 0.211 e. The second-order valence-corrected chi connectivity index (χ2v) is 10.7. The van der Waals surface area contributed by atoms with Crippen LogP contribution in [0.25, 0.3) is 0 Å². The first kappa shape index (κ1) is 19.6. The van der Waals surface area contributed by atoms with Crippen molar-refractivity contribution in [3.63, 3.8) is 0 Å². The van der Waals surface area contributed by atoms with E-state index in [9.17, 15) is 8.42 Å². The Balaban J connectivity index is 1.55. The van der Waals surface area contributed by atoms with Gasteiger partial charge in [-0.25, -0.2) is 17.7 Å². The predicted octanol–water partition coefficient (Wildman–Crippen LogP) is 3.60. The summed E-state index contributed by atoms with van der Waals surface area (Å²) in [5.74, 6) is 0.898. The monoisotopic (exact) mass is 425 g/mol. The van der Waals surface area contributed by atoms with E-state index < -0.39 is 15.7 Å². The molecule has 2 aromatic rings. The number of fused-ring (bicyclic) bond motifs is 4. The molecule has 1 atom stereocenters. The molecule has 2 aromatic carbocycles. The summed E-state index contributed by atoms with van der Waals surface area (Å²) in [5, 5.41) is 7.19. The molecule has 3 aliphatic rings. The lowest BCUT2D eigenvalue weighted by Gasteiger charge is -2.50. The average molecular weight is 426 g/mol. The molecule has 0 N–H and O–H groups in total. The maximum absolute atomic E-state index is 12.0. The summed E-state index contributed by atoms with van der Waals surface area (Å²) in [5.41, 5.74) is 5.17. The van der Waals surface area contributed by atoms with Crippen molar-refractivity contribution in [1.29, 1.82) is 0 Å². The number of ether oxygens (including phenoxy) is 1. The molecule has 5 rings (SSSR count). The van der Waals surface area contributed by atoms with Gasteiger partial charge >= 0.3 is 0 Å². The molecule has 30 heavy (non-hydrogen) atoms. The summed E-state index contributed by atoms with van der Waals surface area (Å²) < 4.78 is 32.2. The van der Waals surface area contributed by atoms with Gasteiger partial charge in [0, 0.05) is 37.9 Å². The lowest BCUT2D eigenvalue weighted by molar-refractivity contribution is -0.143. The van der Waals surface area contributed by atoms with Gasteiger partial charge in [0.05, 0.1) is 18.0 Å². The van der Waals surface area contributed by atoms with Crippen LogP contribution in [0.4, 0.5) is 0 Å². The number of nitrogens with zero attached hydrogens (tertiary/aromatic N) is 3. The number of sulfonamides is 1. The molecule has 158 valence electrons. The van der Waals surface area contributed by atoms with Crippen LogP contribution in [0.3, 0.4) is 0 Å². The predicted molar refractivity (Wildman–Crippen MR) is 117 cm³/mol. The van der Waals surface area contributed by atoms with E-state index >= 15 is 0 Å². The molecule has 0 bridgehead atoms. The van der Waals surface area contributed by atoms with Crippen LogP contribution in [0.5, 0.6) is 5.75 Å². The van der Waals surface area contributed by atoms with Crippen molar-refractivity contribution < 1.29 is 13.2 Å². The SMILES string of the molecule is Cc1ccc(C2=NN3C(C2)c2cc(C)ccc2OC32CCN(S(C)(=O)=O)CC2)cc1. The van der Waals surface area contributed by atoms with Gasteiger partial charge in [0.1, 0.15) is 5.75 Å². The Morgan fingerprint density at radius 2 is 1.70 bits per heavy atom. The van der Waals surface area contributed by atoms with E-state index in [1.165, 1.54) is 17.4 Å². The van der Waals surface area contributed by atoms with Gasteiger partial charge in [0.25, 0.3) is 0 Å². The molecule has 0 amide bonds. The van der Waals surface area contributed by atoms with Gasteiger partial charge in [-0.15, -0.1) is 0 Å². The zero-order valence-electron chi connectivity index (χ0n) is 17.6. The number of hydrogen-bond acceptors (Lipinski definition) is 5. The van der Waals surface area contributed by atoms with Gasteiger partial charge < -0.3 is 4.74 Å². The number of aryl methyl sites for hydroxylation is 2. The summed E-state index contributed by atoms with van der Waals surface area (Å²) in [6, 6.07) is 14.9. The molecule has 0 aliphatic carbocycles. The summed E-state index contributed by atoms with van der Waals surface area (Å²) in [6.45, 7) is 5.06. The first-order valence-electron chi connectivity index (χ1n) is 10.4. The van der Waals surface area contributed by atoms with Gasteiger partial charge in [-0.2, -0.15) is 5.10 Å². The Morgan fingerprint density at radius 1 is 1.03 bits per heavy atom. The standard InChI is InChI=1S/C23H27N3O3S/c1-16-4-7-18(8-5-16)20-15-21-19-14-17(2)6-9-22(19)29-23(26(21)24-20)10-12-25(13-11-23)30(3,27)28/h4-9,14,21H,10-13,15H2,1-3H3. The third kappa shape index (κ3) is 3.20. The highest BCUT2D eigenvalue weighted by atomic mass is 32.2. The summed E-state index contributed by atoms with van der Waals surface area (Å²) in [4.78, 5) is 0.